The van der Waals surface area contributed by atoms with E-state index >= 15 is 0 Å². The van der Waals surface area contributed by atoms with Crippen LogP contribution in [0, 0.1) is 5.92 Å². The number of carbonyl (C=O) groups is 1. The van der Waals surface area contributed by atoms with Crippen molar-refractivity contribution in [1.82, 2.24) is 0 Å². The summed E-state index contributed by atoms with van der Waals surface area (Å²) in [5.74, 6) is -0.592. The van der Waals surface area contributed by atoms with Crippen LogP contribution in [0.1, 0.15) is 13.3 Å². The second-order valence-corrected chi connectivity index (χ2v) is 7.07. The van der Waals surface area contributed by atoms with E-state index in [4.69, 9.17) is 14.5 Å². The van der Waals surface area contributed by atoms with Gasteiger partial charge in [-0.05, 0) is 13.3 Å². The first kappa shape index (κ1) is 19.3. The maximum atomic E-state index is 11.2. The van der Waals surface area contributed by atoms with Crippen molar-refractivity contribution in [3.8, 4) is 0 Å². The molecule has 0 radical (unpaired) electrons. The summed E-state index contributed by atoms with van der Waals surface area (Å²) in [6.45, 7) is 5.77. The molecule has 2 N–H and O–H groups in total. The van der Waals surface area contributed by atoms with Crippen molar-refractivity contribution in [2.45, 2.75) is 13.3 Å². The molecule has 7 nitrogen and oxygen atoms in total. The largest absolute Gasteiger partial charge is 0.469 e. The van der Waals surface area contributed by atoms with Gasteiger partial charge in [-0.2, -0.15) is 0 Å². The minimum atomic E-state index is -4.48. The average Bonchev–Trinajstić information content (AvgIpc) is 2.22. The zero-order valence-electron chi connectivity index (χ0n) is 12.5. The quantitative estimate of drug-likeness (QED) is 0.285. The summed E-state index contributed by atoms with van der Waals surface area (Å²) in [6.07, 6.45) is 0.467. The van der Waals surface area contributed by atoms with Crippen LogP contribution in [0.4, 0.5) is 0 Å². The van der Waals surface area contributed by atoms with Crippen LogP contribution in [0.15, 0.2) is 12.2 Å². The number of rotatable bonds is 9. The predicted octanol–water partition coefficient (Wildman–Crippen LogP) is 0.927. The number of ether oxygens (including phenoxy) is 1. The van der Waals surface area contributed by atoms with Crippen LogP contribution in [0.5, 0.6) is 0 Å². The molecule has 20 heavy (non-hydrogen) atoms. The molecule has 118 valence electrons. The van der Waals surface area contributed by atoms with Gasteiger partial charge in [-0.15, -0.1) is 0 Å². The van der Waals surface area contributed by atoms with Crippen LogP contribution in [0.25, 0.3) is 0 Å². The zero-order valence-corrected chi connectivity index (χ0v) is 13.4. The smallest absolute Gasteiger partial charge is 0.462 e. The van der Waals surface area contributed by atoms with Crippen LogP contribution >= 0.6 is 7.82 Å². The van der Waals surface area contributed by atoms with Gasteiger partial charge in [0, 0.05) is 11.5 Å². The van der Waals surface area contributed by atoms with E-state index in [0.29, 0.717) is 23.0 Å². The third-order valence-electron chi connectivity index (χ3n) is 2.39. The first-order valence-electron chi connectivity index (χ1n) is 6.24. The van der Waals surface area contributed by atoms with E-state index < -0.39 is 13.8 Å². The van der Waals surface area contributed by atoms with Gasteiger partial charge in [-0.25, -0.2) is 9.36 Å². The summed E-state index contributed by atoms with van der Waals surface area (Å²) in [6, 6.07) is 0. The highest BCUT2D eigenvalue weighted by Crippen LogP contribution is 2.36. The van der Waals surface area contributed by atoms with E-state index in [1.54, 1.807) is 6.92 Å². The Morgan fingerprint density at radius 3 is 2.30 bits per heavy atom. The lowest BCUT2D eigenvalue weighted by Crippen LogP contribution is -2.40. The molecule has 0 aromatic carbocycles. The van der Waals surface area contributed by atoms with Gasteiger partial charge in [-0.3, -0.25) is 4.52 Å². The van der Waals surface area contributed by atoms with Gasteiger partial charge in [0.15, 0.2) is 0 Å². The van der Waals surface area contributed by atoms with E-state index in [9.17, 15) is 9.36 Å². The number of esters is 1. The highest BCUT2D eigenvalue weighted by atomic mass is 31.2. The number of phosphoric ester groups is 1. The Hall–Kier alpha value is -0.720. The van der Waals surface area contributed by atoms with Crippen molar-refractivity contribution in [1.29, 1.82) is 0 Å². The van der Waals surface area contributed by atoms with E-state index in [1.807, 2.05) is 21.1 Å². The standard InChI is InChI=1S/C12H24NO6P/c1-10(2)12(14)18-7-6-11(8-13(3,4)5)9-19-20(15,16)17/h11H,1,6-9H2,2-5H3,(H-,15,16,17)/p+1. The number of carbonyl (C=O) groups excluding carboxylic acids is 1. The Bertz CT molecular complexity index is 384. The topological polar surface area (TPSA) is 93.1 Å². The second kappa shape index (κ2) is 7.90. The zero-order chi connectivity index (χ0) is 16.0. The van der Waals surface area contributed by atoms with Gasteiger partial charge in [0.25, 0.3) is 0 Å². The third kappa shape index (κ3) is 11.1. The molecular weight excluding hydrogens is 285 g/mol. The predicted molar refractivity (Wildman–Crippen MR) is 74.8 cm³/mol. The van der Waals surface area contributed by atoms with Crippen molar-refractivity contribution in [2.75, 3.05) is 40.9 Å². The molecule has 0 bridgehead atoms. The lowest BCUT2D eigenvalue weighted by Gasteiger charge is -2.29. The van der Waals surface area contributed by atoms with Gasteiger partial charge in [0.1, 0.15) is 0 Å². The highest BCUT2D eigenvalue weighted by Gasteiger charge is 2.23. The SMILES string of the molecule is C=C(C)C(=O)OCCC(COP(=O)(O)O)C[N+](C)(C)C. The molecule has 0 rings (SSSR count). The summed E-state index contributed by atoms with van der Waals surface area (Å²) in [4.78, 5) is 28.7. The molecule has 0 saturated heterocycles. The molecule has 0 fully saturated rings. The Morgan fingerprint density at radius 1 is 1.35 bits per heavy atom. The summed E-state index contributed by atoms with van der Waals surface area (Å²) < 4.78 is 20.9. The summed E-state index contributed by atoms with van der Waals surface area (Å²) in [5, 5.41) is 0. The molecule has 1 atom stereocenters. The summed E-state index contributed by atoms with van der Waals surface area (Å²) in [5.41, 5.74) is 0.319. The van der Waals surface area contributed by atoms with Gasteiger partial charge in [0.05, 0.1) is 40.9 Å². The van der Waals surface area contributed by atoms with Crippen molar-refractivity contribution in [2.24, 2.45) is 5.92 Å². The molecule has 0 aromatic rings. The Labute approximate surface area is 120 Å². The molecule has 0 aliphatic rings. The molecule has 0 aromatic heterocycles. The first-order valence-corrected chi connectivity index (χ1v) is 7.77. The molecule has 0 aliphatic carbocycles. The van der Waals surface area contributed by atoms with Gasteiger partial charge >= 0.3 is 13.8 Å². The minimum Gasteiger partial charge on any atom is -0.462 e. The maximum absolute atomic E-state index is 11.2. The van der Waals surface area contributed by atoms with Crippen molar-refractivity contribution in [3.05, 3.63) is 12.2 Å². The van der Waals surface area contributed by atoms with Crippen LogP contribution in [-0.4, -0.2) is 61.1 Å². The fourth-order valence-corrected chi connectivity index (χ4v) is 2.05. The fraction of sp³-hybridized carbons (Fsp3) is 0.750. The Morgan fingerprint density at radius 2 is 1.90 bits per heavy atom. The van der Waals surface area contributed by atoms with Crippen LogP contribution in [-0.2, 0) is 18.6 Å². The van der Waals surface area contributed by atoms with E-state index in [-0.39, 0.29) is 19.1 Å². The van der Waals surface area contributed by atoms with Crippen LogP contribution < -0.4 is 0 Å². The lowest BCUT2D eigenvalue weighted by molar-refractivity contribution is -0.874. The van der Waals surface area contributed by atoms with E-state index in [2.05, 4.69) is 11.1 Å². The summed E-state index contributed by atoms with van der Waals surface area (Å²) >= 11 is 0. The molecule has 0 spiro atoms. The molecule has 0 aliphatic heterocycles. The Balaban J connectivity index is 4.35. The Kier molecular flexibility index (Phi) is 7.62. The van der Waals surface area contributed by atoms with Crippen LogP contribution in [0.3, 0.4) is 0 Å². The van der Waals surface area contributed by atoms with Crippen molar-refractivity contribution < 1.29 is 32.9 Å². The van der Waals surface area contributed by atoms with E-state index in [0.717, 1.165) is 0 Å². The van der Waals surface area contributed by atoms with Gasteiger partial charge < -0.3 is 19.0 Å². The van der Waals surface area contributed by atoms with Crippen LogP contribution in [0.2, 0.25) is 0 Å². The van der Waals surface area contributed by atoms with Crippen molar-refractivity contribution in [3.63, 3.8) is 0 Å². The molecular formula is C12H25NO6P+. The molecule has 0 heterocycles. The summed E-state index contributed by atoms with van der Waals surface area (Å²) in [7, 11) is 1.41. The normalized spacial score (nSPS) is 13.9. The molecule has 8 heteroatoms. The first-order chi connectivity index (χ1) is 8.91. The van der Waals surface area contributed by atoms with Gasteiger partial charge in [-0.1, -0.05) is 6.58 Å². The minimum absolute atomic E-state index is 0.0789. The monoisotopic (exact) mass is 310 g/mol. The molecule has 0 saturated carbocycles. The van der Waals surface area contributed by atoms with E-state index in [1.165, 1.54) is 0 Å². The average molecular weight is 310 g/mol. The number of hydrogen-bond acceptors (Lipinski definition) is 4. The van der Waals surface area contributed by atoms with Gasteiger partial charge in [0.2, 0.25) is 0 Å². The third-order valence-corrected chi connectivity index (χ3v) is 2.88. The number of nitrogens with zero attached hydrogens (tertiary/aromatic N) is 1. The molecule has 1 unspecified atom stereocenters. The lowest BCUT2D eigenvalue weighted by atomic mass is 10.1. The van der Waals surface area contributed by atoms with Crippen molar-refractivity contribution >= 4 is 13.8 Å². The number of quaternary nitrogens is 1. The fourth-order valence-electron chi connectivity index (χ4n) is 1.65. The highest BCUT2D eigenvalue weighted by molar-refractivity contribution is 7.46. The molecule has 0 amide bonds. The maximum Gasteiger partial charge on any atom is 0.469 e. The number of hydrogen-bond donors (Lipinski definition) is 2. The number of phosphoric acid groups is 1. The second-order valence-electron chi connectivity index (χ2n) is 5.83.